The molecule has 0 radical (unpaired) electrons. The highest BCUT2D eigenvalue weighted by Crippen LogP contribution is 2.22. The zero-order valence-electron chi connectivity index (χ0n) is 17.4. The second-order valence-corrected chi connectivity index (χ2v) is 6.57. The Morgan fingerprint density at radius 3 is 2.11 bits per heavy atom. The van der Waals surface area contributed by atoms with Gasteiger partial charge < -0.3 is 14.8 Å². The van der Waals surface area contributed by atoms with E-state index < -0.39 is 0 Å². The van der Waals surface area contributed by atoms with Crippen LogP contribution in [0.5, 0.6) is 11.5 Å². The molecule has 0 aromatic heterocycles. The van der Waals surface area contributed by atoms with Crippen LogP contribution in [0, 0.1) is 0 Å². The topological polar surface area (TPSA) is 50.8 Å². The van der Waals surface area contributed by atoms with Gasteiger partial charge in [-0.2, -0.15) is 0 Å². The number of amides is 1. The number of ether oxygens (including phenoxy) is 2. The minimum Gasteiger partial charge on any atom is -0.497 e. The molecule has 152 valence electrons. The van der Waals surface area contributed by atoms with Crippen LogP contribution in [0.25, 0.3) is 0 Å². The maximum Gasteiger partial charge on any atom is 0.224 e. The predicted octanol–water partition coefficient (Wildman–Crippen LogP) is 3.84. The average Bonchev–Trinajstić information content (AvgIpc) is 2.73. The van der Waals surface area contributed by atoms with E-state index in [1.165, 1.54) is 5.56 Å². The molecule has 1 N–H and O–H groups in total. The van der Waals surface area contributed by atoms with Crippen molar-refractivity contribution in [3.05, 3.63) is 59.7 Å². The fraction of sp³-hybridized carbons (Fsp3) is 0.435. The van der Waals surface area contributed by atoms with E-state index in [-0.39, 0.29) is 11.9 Å². The molecule has 5 nitrogen and oxygen atoms in total. The summed E-state index contributed by atoms with van der Waals surface area (Å²) < 4.78 is 10.7. The number of benzene rings is 2. The lowest BCUT2D eigenvalue weighted by atomic mass is 10.0. The van der Waals surface area contributed by atoms with E-state index in [1.54, 1.807) is 7.11 Å². The zero-order chi connectivity index (χ0) is 20.4. The highest BCUT2D eigenvalue weighted by Gasteiger charge is 2.19. The van der Waals surface area contributed by atoms with Crippen LogP contribution in [0.1, 0.15) is 37.9 Å². The van der Waals surface area contributed by atoms with Crippen LogP contribution in [0.4, 0.5) is 0 Å². The minimum absolute atomic E-state index is 0.0230. The Morgan fingerprint density at radius 1 is 0.964 bits per heavy atom. The fourth-order valence-electron chi connectivity index (χ4n) is 3.28. The molecule has 5 heteroatoms. The third-order valence-electron chi connectivity index (χ3n) is 4.85. The number of hydrogen-bond acceptors (Lipinski definition) is 4. The van der Waals surface area contributed by atoms with Crippen molar-refractivity contribution in [1.82, 2.24) is 10.2 Å². The summed E-state index contributed by atoms with van der Waals surface area (Å²) in [7, 11) is 1.66. The van der Waals surface area contributed by atoms with E-state index in [1.807, 2.05) is 43.3 Å². The van der Waals surface area contributed by atoms with Crippen LogP contribution >= 0.6 is 0 Å². The van der Waals surface area contributed by atoms with Crippen LogP contribution in [0.15, 0.2) is 48.5 Å². The molecule has 1 amide bonds. The first kappa shape index (κ1) is 21.8. The molecular formula is C23H32N2O3. The van der Waals surface area contributed by atoms with Crippen molar-refractivity contribution in [3.63, 3.8) is 0 Å². The Kier molecular flexibility index (Phi) is 8.82. The smallest absolute Gasteiger partial charge is 0.224 e. The predicted molar refractivity (Wildman–Crippen MR) is 113 cm³/mol. The van der Waals surface area contributed by atoms with Gasteiger partial charge in [-0.25, -0.2) is 0 Å². The first-order valence-corrected chi connectivity index (χ1v) is 9.97. The van der Waals surface area contributed by atoms with E-state index in [0.29, 0.717) is 19.6 Å². The van der Waals surface area contributed by atoms with Crippen LogP contribution in [-0.4, -0.2) is 44.2 Å². The first-order chi connectivity index (χ1) is 13.6. The summed E-state index contributed by atoms with van der Waals surface area (Å²) in [5.41, 5.74) is 2.15. The molecule has 1 atom stereocenters. The molecule has 0 aliphatic heterocycles. The zero-order valence-corrected chi connectivity index (χ0v) is 17.4. The number of likely N-dealkylation sites (N-methyl/N-ethyl adjacent to an activating group) is 1. The molecule has 0 heterocycles. The number of carbonyl (C=O) groups is 1. The lowest BCUT2D eigenvalue weighted by Gasteiger charge is -2.30. The highest BCUT2D eigenvalue weighted by molar-refractivity contribution is 5.78. The normalized spacial score (nSPS) is 11.9. The lowest BCUT2D eigenvalue weighted by Crippen LogP contribution is -2.38. The van der Waals surface area contributed by atoms with Crippen LogP contribution in [0.3, 0.4) is 0 Å². The minimum atomic E-state index is 0.0230. The van der Waals surface area contributed by atoms with E-state index in [4.69, 9.17) is 9.47 Å². The van der Waals surface area contributed by atoms with Gasteiger partial charge in [0.25, 0.3) is 0 Å². The molecule has 0 aliphatic rings. The molecule has 0 fully saturated rings. The Bertz CT molecular complexity index is 710. The molecule has 0 spiro atoms. The standard InChI is InChI=1S/C23H32N2O3/c1-5-25(6-2)22(19-10-14-20(27-4)15-11-19)17-24-23(26)16-18-8-12-21(13-9-18)28-7-3/h8-15,22H,5-7,16-17H2,1-4H3,(H,24,26). The summed E-state index contributed by atoms with van der Waals surface area (Å²) in [6.45, 7) is 9.28. The van der Waals surface area contributed by atoms with Crippen molar-refractivity contribution in [2.75, 3.05) is 33.4 Å². The summed E-state index contributed by atoms with van der Waals surface area (Å²) in [5, 5.41) is 3.10. The van der Waals surface area contributed by atoms with E-state index in [9.17, 15) is 4.79 Å². The third kappa shape index (κ3) is 6.27. The molecule has 0 aliphatic carbocycles. The monoisotopic (exact) mass is 384 g/mol. The third-order valence-corrected chi connectivity index (χ3v) is 4.85. The summed E-state index contributed by atoms with van der Waals surface area (Å²) >= 11 is 0. The quantitative estimate of drug-likeness (QED) is 0.640. The molecular weight excluding hydrogens is 352 g/mol. The Balaban J connectivity index is 1.99. The van der Waals surface area contributed by atoms with E-state index in [2.05, 4.69) is 36.2 Å². The summed E-state index contributed by atoms with van der Waals surface area (Å²) in [4.78, 5) is 14.8. The molecule has 0 bridgehead atoms. The number of nitrogens with zero attached hydrogens (tertiary/aromatic N) is 1. The van der Waals surface area contributed by atoms with Crippen molar-refractivity contribution in [2.24, 2.45) is 0 Å². The average molecular weight is 385 g/mol. The number of carbonyl (C=O) groups excluding carboxylic acids is 1. The Morgan fingerprint density at radius 2 is 1.57 bits per heavy atom. The van der Waals surface area contributed by atoms with Gasteiger partial charge in [0.1, 0.15) is 11.5 Å². The van der Waals surface area contributed by atoms with E-state index in [0.717, 1.165) is 30.2 Å². The van der Waals surface area contributed by atoms with Crippen LogP contribution in [0.2, 0.25) is 0 Å². The maximum absolute atomic E-state index is 12.5. The first-order valence-electron chi connectivity index (χ1n) is 9.97. The highest BCUT2D eigenvalue weighted by atomic mass is 16.5. The summed E-state index contributed by atoms with van der Waals surface area (Å²) in [6.07, 6.45) is 0.361. The van der Waals surface area contributed by atoms with Gasteiger partial charge in [-0.05, 0) is 55.4 Å². The van der Waals surface area contributed by atoms with Gasteiger partial charge in [0.15, 0.2) is 0 Å². The van der Waals surface area contributed by atoms with Crippen molar-refractivity contribution in [1.29, 1.82) is 0 Å². The largest absolute Gasteiger partial charge is 0.497 e. The molecule has 1 unspecified atom stereocenters. The number of rotatable bonds is 11. The second-order valence-electron chi connectivity index (χ2n) is 6.57. The van der Waals surface area contributed by atoms with Crippen LogP contribution < -0.4 is 14.8 Å². The van der Waals surface area contributed by atoms with Crippen molar-refractivity contribution in [3.8, 4) is 11.5 Å². The van der Waals surface area contributed by atoms with Gasteiger partial charge in [-0.1, -0.05) is 38.1 Å². The van der Waals surface area contributed by atoms with E-state index >= 15 is 0 Å². The molecule has 2 aromatic rings. The number of methoxy groups -OCH3 is 1. The van der Waals surface area contributed by atoms with Crippen molar-refractivity contribution < 1.29 is 14.3 Å². The van der Waals surface area contributed by atoms with Gasteiger partial charge in [-0.3, -0.25) is 9.69 Å². The number of hydrogen-bond donors (Lipinski definition) is 1. The molecule has 0 saturated carbocycles. The molecule has 2 rings (SSSR count). The maximum atomic E-state index is 12.5. The Hall–Kier alpha value is -2.53. The van der Waals surface area contributed by atoms with Crippen molar-refractivity contribution >= 4 is 5.91 Å². The molecule has 28 heavy (non-hydrogen) atoms. The van der Waals surface area contributed by atoms with Gasteiger partial charge in [0.05, 0.1) is 26.2 Å². The summed E-state index contributed by atoms with van der Waals surface area (Å²) in [6, 6.07) is 15.9. The Labute approximate surface area is 168 Å². The lowest BCUT2D eigenvalue weighted by molar-refractivity contribution is -0.120. The SMILES string of the molecule is CCOc1ccc(CC(=O)NCC(c2ccc(OC)cc2)N(CC)CC)cc1. The fourth-order valence-corrected chi connectivity index (χ4v) is 3.28. The second kappa shape index (κ2) is 11.3. The summed E-state index contributed by atoms with van der Waals surface area (Å²) in [5.74, 6) is 1.68. The van der Waals surface area contributed by atoms with Gasteiger partial charge in [0.2, 0.25) is 5.91 Å². The van der Waals surface area contributed by atoms with Gasteiger partial charge in [0, 0.05) is 6.54 Å². The molecule has 0 saturated heterocycles. The van der Waals surface area contributed by atoms with Gasteiger partial charge in [-0.15, -0.1) is 0 Å². The number of nitrogens with one attached hydrogen (secondary N) is 1. The van der Waals surface area contributed by atoms with Crippen LogP contribution in [-0.2, 0) is 11.2 Å². The van der Waals surface area contributed by atoms with Crippen molar-refractivity contribution in [2.45, 2.75) is 33.2 Å². The molecule has 2 aromatic carbocycles. The van der Waals surface area contributed by atoms with Gasteiger partial charge >= 0.3 is 0 Å².